The molecule has 0 aliphatic rings. The minimum Gasteiger partial charge on any atom is -0.338 e. The summed E-state index contributed by atoms with van der Waals surface area (Å²) < 4.78 is 17.1. The molecule has 1 aromatic carbocycles. The quantitative estimate of drug-likeness (QED) is 0.801. The lowest BCUT2D eigenvalue weighted by molar-refractivity contribution is -0.113. The molecule has 124 valence electrons. The number of rotatable bonds is 8. The molecule has 0 radical (unpaired) electrons. The molecule has 0 aliphatic heterocycles. The Morgan fingerprint density at radius 2 is 2.04 bits per heavy atom. The second kappa shape index (κ2) is 8.57. The van der Waals surface area contributed by atoms with Gasteiger partial charge in [-0.1, -0.05) is 37.2 Å². The number of carbonyl (C=O) groups is 1. The highest BCUT2D eigenvalue weighted by molar-refractivity contribution is 7.84. The smallest absolute Gasteiger partial charge is 0.239 e. The summed E-state index contributed by atoms with van der Waals surface area (Å²) in [4.78, 5) is 16.0. The molecule has 1 amide bonds. The molecule has 1 aromatic heterocycles. The lowest BCUT2D eigenvalue weighted by Crippen LogP contribution is -2.20. The highest BCUT2D eigenvalue weighted by Gasteiger charge is 2.14. The minimum atomic E-state index is -1.38. The van der Waals surface area contributed by atoms with E-state index in [1.54, 1.807) is 12.1 Å². The van der Waals surface area contributed by atoms with Crippen molar-refractivity contribution >= 4 is 22.4 Å². The van der Waals surface area contributed by atoms with Gasteiger partial charge in [0.2, 0.25) is 11.8 Å². The number of aromatic nitrogens is 2. The molecule has 6 nitrogen and oxygen atoms in total. The van der Waals surface area contributed by atoms with E-state index in [2.05, 4.69) is 29.3 Å². The van der Waals surface area contributed by atoms with Crippen molar-refractivity contribution in [2.75, 3.05) is 11.1 Å². The third-order valence-electron chi connectivity index (χ3n) is 3.09. The number of nitrogens with one attached hydrogen (secondary N) is 1. The van der Waals surface area contributed by atoms with Gasteiger partial charge in [0.05, 0.1) is 0 Å². The SMILES string of the molecule is CC(C)CCc1noc(C[S@@](=O)CC(=O)Nc2ccccc2)n1. The first-order valence-corrected chi connectivity index (χ1v) is 9.03. The molecule has 7 heteroatoms. The molecule has 0 unspecified atom stereocenters. The van der Waals surface area contributed by atoms with Gasteiger partial charge in [-0.25, -0.2) is 0 Å². The highest BCUT2D eigenvalue weighted by Crippen LogP contribution is 2.09. The van der Waals surface area contributed by atoms with Gasteiger partial charge in [-0.05, 0) is 24.5 Å². The van der Waals surface area contributed by atoms with E-state index in [0.717, 1.165) is 12.8 Å². The van der Waals surface area contributed by atoms with Crippen LogP contribution in [0.1, 0.15) is 32.0 Å². The predicted molar refractivity (Wildman–Crippen MR) is 89.2 cm³/mol. The third-order valence-corrected chi connectivity index (χ3v) is 4.24. The molecule has 1 N–H and O–H groups in total. The number of aryl methyl sites for hydroxylation is 1. The van der Waals surface area contributed by atoms with E-state index in [1.807, 2.05) is 18.2 Å². The Bertz CT molecular complexity index is 656. The van der Waals surface area contributed by atoms with Crippen LogP contribution in [0, 0.1) is 5.92 Å². The highest BCUT2D eigenvalue weighted by atomic mass is 32.2. The summed E-state index contributed by atoms with van der Waals surface area (Å²) in [5.74, 6) is 1.20. The molecular weight excluding hydrogens is 314 g/mol. The average Bonchev–Trinajstić information content (AvgIpc) is 2.93. The van der Waals surface area contributed by atoms with Crippen LogP contribution in [-0.2, 0) is 27.8 Å². The Morgan fingerprint density at radius 3 is 2.74 bits per heavy atom. The van der Waals surface area contributed by atoms with Gasteiger partial charge in [-0.3, -0.25) is 9.00 Å². The first-order chi connectivity index (χ1) is 11.0. The molecule has 1 heterocycles. The van der Waals surface area contributed by atoms with Crippen LogP contribution < -0.4 is 5.32 Å². The van der Waals surface area contributed by atoms with Crippen molar-refractivity contribution in [1.29, 1.82) is 0 Å². The molecule has 0 bridgehead atoms. The van der Waals surface area contributed by atoms with E-state index < -0.39 is 10.8 Å². The fourth-order valence-electron chi connectivity index (χ4n) is 1.92. The summed E-state index contributed by atoms with van der Waals surface area (Å²) in [6.07, 6.45) is 1.71. The van der Waals surface area contributed by atoms with Crippen LogP contribution >= 0.6 is 0 Å². The van der Waals surface area contributed by atoms with Crippen LogP contribution in [-0.4, -0.2) is 26.0 Å². The van der Waals surface area contributed by atoms with E-state index in [0.29, 0.717) is 23.3 Å². The van der Waals surface area contributed by atoms with Gasteiger partial charge in [0.1, 0.15) is 11.5 Å². The molecular formula is C16H21N3O3S. The van der Waals surface area contributed by atoms with Gasteiger partial charge in [-0.15, -0.1) is 0 Å². The van der Waals surface area contributed by atoms with E-state index in [9.17, 15) is 9.00 Å². The first-order valence-electron chi connectivity index (χ1n) is 7.54. The molecule has 0 saturated carbocycles. The van der Waals surface area contributed by atoms with Crippen molar-refractivity contribution in [3.63, 3.8) is 0 Å². The van der Waals surface area contributed by atoms with Crippen LogP contribution in [0.2, 0.25) is 0 Å². The molecule has 0 aliphatic carbocycles. The Morgan fingerprint density at radius 1 is 1.30 bits per heavy atom. The zero-order valence-corrected chi connectivity index (χ0v) is 14.1. The van der Waals surface area contributed by atoms with Crippen LogP contribution in [0.25, 0.3) is 0 Å². The third kappa shape index (κ3) is 6.32. The Labute approximate surface area is 138 Å². The molecule has 1 atom stereocenters. The molecule has 0 fully saturated rings. The van der Waals surface area contributed by atoms with Crippen molar-refractivity contribution in [3.05, 3.63) is 42.0 Å². The summed E-state index contributed by atoms with van der Waals surface area (Å²) in [5, 5.41) is 6.56. The lowest BCUT2D eigenvalue weighted by Gasteiger charge is -2.03. The lowest BCUT2D eigenvalue weighted by atomic mass is 10.1. The molecule has 0 spiro atoms. The largest absolute Gasteiger partial charge is 0.338 e. The van der Waals surface area contributed by atoms with Gasteiger partial charge >= 0.3 is 0 Å². The van der Waals surface area contributed by atoms with Gasteiger partial charge in [0.15, 0.2) is 5.82 Å². The second-order valence-corrected chi connectivity index (χ2v) is 7.14. The van der Waals surface area contributed by atoms with Gasteiger partial charge < -0.3 is 9.84 Å². The number of anilines is 1. The number of hydrogen-bond acceptors (Lipinski definition) is 5. The fourth-order valence-corrected chi connectivity index (χ4v) is 2.78. The standard InChI is InChI=1S/C16H21N3O3S/c1-12(2)8-9-14-18-16(22-19-14)11-23(21)10-15(20)17-13-6-4-3-5-7-13/h3-7,12H,8-11H2,1-2H3,(H,17,20)/t23-/m0/s1. The van der Waals surface area contributed by atoms with E-state index in [4.69, 9.17) is 4.52 Å². The Kier molecular flexibility index (Phi) is 6.46. The van der Waals surface area contributed by atoms with Crippen molar-refractivity contribution in [2.24, 2.45) is 5.92 Å². The monoisotopic (exact) mass is 335 g/mol. The van der Waals surface area contributed by atoms with Gasteiger partial charge in [0, 0.05) is 22.9 Å². The Hall–Kier alpha value is -2.02. The summed E-state index contributed by atoms with van der Waals surface area (Å²) in [6.45, 7) is 4.25. The number of hydrogen-bond donors (Lipinski definition) is 1. The summed E-state index contributed by atoms with van der Waals surface area (Å²) >= 11 is 0. The zero-order chi connectivity index (χ0) is 16.7. The van der Waals surface area contributed by atoms with E-state index >= 15 is 0 Å². The van der Waals surface area contributed by atoms with E-state index in [-0.39, 0.29) is 17.4 Å². The zero-order valence-electron chi connectivity index (χ0n) is 13.3. The molecule has 23 heavy (non-hydrogen) atoms. The van der Waals surface area contributed by atoms with Crippen LogP contribution in [0.15, 0.2) is 34.9 Å². The summed E-state index contributed by atoms with van der Waals surface area (Å²) in [7, 11) is -1.38. The maximum atomic E-state index is 12.0. The molecule has 2 aromatic rings. The minimum absolute atomic E-state index is 0.0941. The predicted octanol–water partition coefficient (Wildman–Crippen LogP) is 2.55. The number of para-hydroxylation sites is 1. The van der Waals surface area contributed by atoms with Gasteiger partial charge in [0.25, 0.3) is 0 Å². The maximum absolute atomic E-state index is 12.0. The van der Waals surface area contributed by atoms with Crippen LogP contribution in [0.5, 0.6) is 0 Å². The van der Waals surface area contributed by atoms with Crippen molar-refractivity contribution in [2.45, 2.75) is 32.4 Å². The first kappa shape index (κ1) is 17.3. The van der Waals surface area contributed by atoms with Crippen molar-refractivity contribution < 1.29 is 13.5 Å². The molecule has 2 rings (SSSR count). The maximum Gasteiger partial charge on any atom is 0.239 e. The normalized spacial score (nSPS) is 12.3. The average molecular weight is 335 g/mol. The van der Waals surface area contributed by atoms with E-state index in [1.165, 1.54) is 0 Å². The van der Waals surface area contributed by atoms with Gasteiger partial charge in [-0.2, -0.15) is 4.98 Å². The number of carbonyl (C=O) groups excluding carboxylic acids is 1. The van der Waals surface area contributed by atoms with Crippen molar-refractivity contribution in [1.82, 2.24) is 10.1 Å². The molecule has 0 saturated heterocycles. The topological polar surface area (TPSA) is 85.1 Å². The summed E-state index contributed by atoms with van der Waals surface area (Å²) in [5.41, 5.74) is 0.684. The fraction of sp³-hybridized carbons (Fsp3) is 0.438. The van der Waals surface area contributed by atoms with Crippen LogP contribution in [0.4, 0.5) is 5.69 Å². The number of amides is 1. The van der Waals surface area contributed by atoms with Crippen LogP contribution in [0.3, 0.4) is 0 Å². The van der Waals surface area contributed by atoms with Crippen molar-refractivity contribution in [3.8, 4) is 0 Å². The number of benzene rings is 1. The Balaban J connectivity index is 1.79. The summed E-state index contributed by atoms with van der Waals surface area (Å²) in [6, 6.07) is 9.06. The second-order valence-electron chi connectivity index (χ2n) is 5.68. The number of nitrogens with zero attached hydrogens (tertiary/aromatic N) is 2.